The summed E-state index contributed by atoms with van der Waals surface area (Å²) in [5.74, 6) is 1.02. The van der Waals surface area contributed by atoms with E-state index in [1.165, 1.54) is 7.11 Å². The van der Waals surface area contributed by atoms with Crippen LogP contribution in [-0.2, 0) is 13.0 Å². The molecule has 0 saturated carbocycles. The lowest BCUT2D eigenvalue weighted by Gasteiger charge is -2.27. The standard InChI is InChI=1S/C20H20N4O3/c1-26-14-6-3-5-13(11-14)18-16-12-24(10-8-17(16)22-23-18)20(25)15-7-4-9-21-19(15)27-2/h3-7,9,11H,8,10,12H2,1-2H3,(H,22,23). The molecule has 1 aliphatic rings. The van der Waals surface area contributed by atoms with Gasteiger partial charge in [0.1, 0.15) is 11.3 Å². The van der Waals surface area contributed by atoms with Crippen LogP contribution in [0.2, 0.25) is 0 Å². The normalized spacial score (nSPS) is 13.2. The molecule has 0 spiro atoms. The van der Waals surface area contributed by atoms with Crippen molar-refractivity contribution in [2.24, 2.45) is 0 Å². The molecule has 0 saturated heterocycles. The summed E-state index contributed by atoms with van der Waals surface area (Å²) < 4.78 is 10.6. The third kappa shape index (κ3) is 3.12. The second-order valence-corrected chi connectivity index (χ2v) is 6.30. The lowest BCUT2D eigenvalue weighted by molar-refractivity contribution is 0.0730. The van der Waals surface area contributed by atoms with Crippen molar-refractivity contribution in [3.8, 4) is 22.9 Å². The highest BCUT2D eigenvalue weighted by Crippen LogP contribution is 2.31. The maximum Gasteiger partial charge on any atom is 0.259 e. The van der Waals surface area contributed by atoms with Crippen LogP contribution in [0.15, 0.2) is 42.6 Å². The monoisotopic (exact) mass is 364 g/mol. The molecule has 0 atom stereocenters. The Hall–Kier alpha value is -3.35. The molecule has 0 aliphatic carbocycles. The van der Waals surface area contributed by atoms with Crippen LogP contribution in [0.5, 0.6) is 11.6 Å². The van der Waals surface area contributed by atoms with E-state index < -0.39 is 0 Å². The van der Waals surface area contributed by atoms with Gasteiger partial charge in [0.25, 0.3) is 5.91 Å². The van der Waals surface area contributed by atoms with Crippen molar-refractivity contribution >= 4 is 5.91 Å². The highest BCUT2D eigenvalue weighted by Gasteiger charge is 2.28. The van der Waals surface area contributed by atoms with E-state index in [-0.39, 0.29) is 5.91 Å². The van der Waals surface area contributed by atoms with E-state index >= 15 is 0 Å². The Morgan fingerprint density at radius 3 is 2.89 bits per heavy atom. The number of pyridine rings is 1. The molecule has 0 radical (unpaired) electrons. The zero-order valence-electron chi connectivity index (χ0n) is 15.2. The molecule has 0 unspecified atom stereocenters. The van der Waals surface area contributed by atoms with Crippen LogP contribution in [0, 0.1) is 0 Å². The number of fused-ring (bicyclic) bond motifs is 1. The topological polar surface area (TPSA) is 80.3 Å². The van der Waals surface area contributed by atoms with Crippen molar-refractivity contribution in [2.45, 2.75) is 13.0 Å². The van der Waals surface area contributed by atoms with Crippen LogP contribution in [0.1, 0.15) is 21.6 Å². The molecule has 3 heterocycles. The number of nitrogens with zero attached hydrogens (tertiary/aromatic N) is 3. The smallest absolute Gasteiger partial charge is 0.259 e. The fraction of sp³-hybridized carbons (Fsp3) is 0.250. The van der Waals surface area contributed by atoms with Gasteiger partial charge >= 0.3 is 0 Å². The van der Waals surface area contributed by atoms with Crippen LogP contribution in [0.4, 0.5) is 0 Å². The summed E-state index contributed by atoms with van der Waals surface area (Å²) in [6.07, 6.45) is 2.33. The molecular formula is C20H20N4O3. The van der Waals surface area contributed by atoms with Crippen LogP contribution in [0.25, 0.3) is 11.3 Å². The maximum absolute atomic E-state index is 13.0. The first-order valence-electron chi connectivity index (χ1n) is 8.70. The minimum absolute atomic E-state index is 0.0941. The lowest BCUT2D eigenvalue weighted by Crippen LogP contribution is -2.36. The van der Waals surface area contributed by atoms with Gasteiger partial charge in [-0.1, -0.05) is 12.1 Å². The first-order chi connectivity index (χ1) is 13.2. The number of H-pyrrole nitrogens is 1. The molecule has 7 nitrogen and oxygen atoms in total. The molecule has 2 aromatic heterocycles. The number of methoxy groups -OCH3 is 2. The molecule has 1 aromatic carbocycles. The summed E-state index contributed by atoms with van der Waals surface area (Å²) in [5.41, 5.74) is 4.37. The van der Waals surface area contributed by atoms with Gasteiger partial charge in [0.15, 0.2) is 0 Å². The van der Waals surface area contributed by atoms with Crippen molar-refractivity contribution in [3.63, 3.8) is 0 Å². The van der Waals surface area contributed by atoms with Gasteiger partial charge in [0.05, 0.1) is 19.9 Å². The average molecular weight is 364 g/mol. The molecule has 4 rings (SSSR count). The molecule has 27 heavy (non-hydrogen) atoms. The van der Waals surface area contributed by atoms with E-state index in [1.54, 1.807) is 30.3 Å². The number of ether oxygens (including phenoxy) is 2. The minimum Gasteiger partial charge on any atom is -0.497 e. The van der Waals surface area contributed by atoms with Crippen LogP contribution < -0.4 is 9.47 Å². The number of amides is 1. The van der Waals surface area contributed by atoms with Gasteiger partial charge in [-0.05, 0) is 24.3 Å². The van der Waals surface area contributed by atoms with Gasteiger partial charge in [-0.15, -0.1) is 0 Å². The molecule has 1 amide bonds. The third-order valence-corrected chi connectivity index (χ3v) is 4.76. The first kappa shape index (κ1) is 17.1. The van der Waals surface area contributed by atoms with E-state index in [0.717, 1.165) is 34.7 Å². The van der Waals surface area contributed by atoms with Crippen molar-refractivity contribution in [3.05, 3.63) is 59.4 Å². The summed E-state index contributed by atoms with van der Waals surface area (Å²) in [7, 11) is 3.16. The molecule has 1 aliphatic heterocycles. The Bertz CT molecular complexity index is 983. The second kappa shape index (κ2) is 7.11. The predicted molar refractivity (Wildman–Crippen MR) is 99.8 cm³/mol. The van der Waals surface area contributed by atoms with Crippen molar-refractivity contribution in [1.82, 2.24) is 20.1 Å². The largest absolute Gasteiger partial charge is 0.497 e. The number of hydrogen-bond donors (Lipinski definition) is 1. The quantitative estimate of drug-likeness (QED) is 0.770. The Labute approximate surface area is 156 Å². The molecule has 138 valence electrons. The summed E-state index contributed by atoms with van der Waals surface area (Å²) in [6.45, 7) is 1.10. The molecule has 3 aromatic rings. The number of hydrogen-bond acceptors (Lipinski definition) is 5. The maximum atomic E-state index is 13.0. The Morgan fingerprint density at radius 1 is 1.19 bits per heavy atom. The molecular weight excluding hydrogens is 344 g/mol. The van der Waals surface area contributed by atoms with Crippen molar-refractivity contribution < 1.29 is 14.3 Å². The van der Waals surface area contributed by atoms with E-state index in [4.69, 9.17) is 9.47 Å². The number of aromatic nitrogens is 3. The zero-order chi connectivity index (χ0) is 18.8. The SMILES string of the molecule is COc1cccc(-c2n[nH]c3c2CN(C(=O)c2cccnc2OC)CC3)c1. The second-order valence-electron chi connectivity index (χ2n) is 6.30. The number of benzene rings is 1. The van der Waals surface area contributed by atoms with Gasteiger partial charge in [-0.25, -0.2) is 4.98 Å². The van der Waals surface area contributed by atoms with Gasteiger partial charge in [0.2, 0.25) is 5.88 Å². The number of carbonyl (C=O) groups is 1. The van der Waals surface area contributed by atoms with Crippen LogP contribution in [0.3, 0.4) is 0 Å². The Kier molecular flexibility index (Phi) is 4.50. The average Bonchev–Trinajstić information content (AvgIpc) is 3.16. The lowest BCUT2D eigenvalue weighted by atomic mass is 10.0. The highest BCUT2D eigenvalue weighted by molar-refractivity contribution is 5.96. The fourth-order valence-corrected chi connectivity index (χ4v) is 3.36. The summed E-state index contributed by atoms with van der Waals surface area (Å²) in [6, 6.07) is 11.2. The number of carbonyl (C=O) groups excluding carboxylic acids is 1. The van der Waals surface area contributed by atoms with Gasteiger partial charge in [-0.3, -0.25) is 9.89 Å². The Morgan fingerprint density at radius 2 is 2.07 bits per heavy atom. The van der Waals surface area contributed by atoms with Gasteiger partial charge in [0, 0.05) is 42.5 Å². The first-order valence-corrected chi connectivity index (χ1v) is 8.70. The fourth-order valence-electron chi connectivity index (χ4n) is 3.36. The van der Waals surface area contributed by atoms with Gasteiger partial charge in [-0.2, -0.15) is 5.10 Å². The highest BCUT2D eigenvalue weighted by atomic mass is 16.5. The van der Waals surface area contributed by atoms with E-state index in [0.29, 0.717) is 24.5 Å². The summed E-state index contributed by atoms with van der Waals surface area (Å²) >= 11 is 0. The number of rotatable bonds is 4. The van der Waals surface area contributed by atoms with Crippen molar-refractivity contribution in [1.29, 1.82) is 0 Å². The summed E-state index contributed by atoms with van der Waals surface area (Å²) in [4.78, 5) is 19.0. The Balaban J connectivity index is 1.65. The zero-order valence-corrected chi connectivity index (χ0v) is 15.2. The minimum atomic E-state index is -0.0941. The molecule has 0 bridgehead atoms. The van der Waals surface area contributed by atoms with Crippen LogP contribution in [-0.4, -0.2) is 46.8 Å². The molecule has 1 N–H and O–H groups in total. The van der Waals surface area contributed by atoms with E-state index in [9.17, 15) is 4.79 Å². The molecule has 0 fully saturated rings. The van der Waals surface area contributed by atoms with Crippen LogP contribution >= 0.6 is 0 Å². The van der Waals surface area contributed by atoms with Crippen molar-refractivity contribution in [2.75, 3.05) is 20.8 Å². The summed E-state index contributed by atoms with van der Waals surface area (Å²) in [5, 5.41) is 7.61. The van der Waals surface area contributed by atoms with Gasteiger partial charge < -0.3 is 14.4 Å². The predicted octanol–water partition coefficient (Wildman–Crippen LogP) is 2.69. The number of nitrogens with one attached hydrogen (secondary N) is 1. The third-order valence-electron chi connectivity index (χ3n) is 4.76. The molecule has 7 heteroatoms. The van der Waals surface area contributed by atoms with E-state index in [1.807, 2.05) is 24.3 Å². The number of aromatic amines is 1. The van der Waals surface area contributed by atoms with E-state index in [2.05, 4.69) is 15.2 Å².